The van der Waals surface area contributed by atoms with E-state index in [1.165, 1.54) is 0 Å². The van der Waals surface area contributed by atoms with Crippen LogP contribution in [0.3, 0.4) is 0 Å². The number of para-hydroxylation sites is 1. The molecule has 2 rings (SSSR count). The minimum absolute atomic E-state index is 0. The summed E-state index contributed by atoms with van der Waals surface area (Å²) in [6.07, 6.45) is 0. The second-order valence-corrected chi connectivity index (χ2v) is 2.73. The van der Waals surface area contributed by atoms with Gasteiger partial charge < -0.3 is 16.2 Å². The standard InChI is InChI=1S/C9H9N3O.H2O/c10-5-8-11-7-4-2-1-3-6(7)9(13)12-8;/h1-4H,5,10H2,(H,11,12,13);1H2. The van der Waals surface area contributed by atoms with E-state index in [1.54, 1.807) is 18.2 Å². The maximum Gasteiger partial charge on any atom is 0.258 e. The molecule has 0 unspecified atom stereocenters. The number of hydrogen-bond acceptors (Lipinski definition) is 3. The number of aromatic amines is 1. The Morgan fingerprint density at radius 1 is 1.36 bits per heavy atom. The van der Waals surface area contributed by atoms with E-state index in [0.717, 1.165) is 0 Å². The highest BCUT2D eigenvalue weighted by Crippen LogP contribution is 2.04. The summed E-state index contributed by atoms with van der Waals surface area (Å²) in [4.78, 5) is 18.2. The molecule has 1 aromatic heterocycles. The molecule has 2 aromatic rings. The lowest BCUT2D eigenvalue weighted by Crippen LogP contribution is -2.14. The Morgan fingerprint density at radius 2 is 2.07 bits per heavy atom. The number of aromatic nitrogens is 2. The van der Waals surface area contributed by atoms with Gasteiger partial charge in [-0.05, 0) is 12.1 Å². The normalized spacial score (nSPS) is 9.79. The fraction of sp³-hybridized carbons (Fsp3) is 0.111. The molecule has 5 nitrogen and oxygen atoms in total. The van der Waals surface area contributed by atoms with Crippen LogP contribution in [0, 0.1) is 0 Å². The van der Waals surface area contributed by atoms with E-state index in [-0.39, 0.29) is 17.6 Å². The highest BCUT2D eigenvalue weighted by atomic mass is 16.1. The minimum Gasteiger partial charge on any atom is -0.412 e. The molecule has 0 radical (unpaired) electrons. The molecule has 0 atom stereocenters. The molecule has 0 saturated carbocycles. The average Bonchev–Trinajstić information content (AvgIpc) is 2.18. The van der Waals surface area contributed by atoms with Gasteiger partial charge in [-0.3, -0.25) is 4.79 Å². The number of benzene rings is 1. The number of nitrogens with one attached hydrogen (secondary N) is 1. The molecule has 0 aliphatic heterocycles. The van der Waals surface area contributed by atoms with Crippen molar-refractivity contribution in [3.63, 3.8) is 0 Å². The molecule has 5 N–H and O–H groups in total. The Morgan fingerprint density at radius 3 is 2.79 bits per heavy atom. The van der Waals surface area contributed by atoms with Gasteiger partial charge in [0.15, 0.2) is 0 Å². The van der Waals surface area contributed by atoms with Crippen molar-refractivity contribution in [3.05, 3.63) is 40.4 Å². The van der Waals surface area contributed by atoms with Crippen LogP contribution in [0.5, 0.6) is 0 Å². The average molecular weight is 193 g/mol. The zero-order valence-electron chi connectivity index (χ0n) is 7.45. The number of H-pyrrole nitrogens is 1. The third-order valence-corrected chi connectivity index (χ3v) is 1.86. The molecular formula is C9H11N3O2. The second kappa shape index (κ2) is 3.99. The number of nitrogens with two attached hydrogens (primary N) is 1. The van der Waals surface area contributed by atoms with E-state index in [4.69, 9.17) is 5.73 Å². The lowest BCUT2D eigenvalue weighted by molar-refractivity contribution is 0.824. The predicted molar refractivity (Wildman–Crippen MR) is 53.9 cm³/mol. The zero-order chi connectivity index (χ0) is 9.26. The van der Waals surface area contributed by atoms with Crippen molar-refractivity contribution in [2.75, 3.05) is 0 Å². The highest BCUT2D eigenvalue weighted by molar-refractivity contribution is 5.77. The topological polar surface area (TPSA) is 103 Å². The predicted octanol–water partition coefficient (Wildman–Crippen LogP) is -0.443. The molecule has 0 aliphatic carbocycles. The third-order valence-electron chi connectivity index (χ3n) is 1.86. The van der Waals surface area contributed by atoms with Crippen LogP contribution in [0.15, 0.2) is 29.1 Å². The molecule has 1 aromatic carbocycles. The third kappa shape index (κ3) is 1.63. The van der Waals surface area contributed by atoms with Gasteiger partial charge >= 0.3 is 0 Å². The van der Waals surface area contributed by atoms with Gasteiger partial charge in [-0.15, -0.1) is 0 Å². The van der Waals surface area contributed by atoms with E-state index < -0.39 is 0 Å². The fourth-order valence-corrected chi connectivity index (χ4v) is 1.23. The van der Waals surface area contributed by atoms with Crippen LogP contribution in [-0.2, 0) is 6.54 Å². The maximum atomic E-state index is 11.4. The monoisotopic (exact) mass is 193 g/mol. The van der Waals surface area contributed by atoms with Crippen molar-refractivity contribution in [2.24, 2.45) is 5.73 Å². The summed E-state index contributed by atoms with van der Waals surface area (Å²) in [6, 6.07) is 7.18. The molecule has 5 heteroatoms. The van der Waals surface area contributed by atoms with Crippen LogP contribution in [-0.4, -0.2) is 15.4 Å². The van der Waals surface area contributed by atoms with Gasteiger partial charge in [0.1, 0.15) is 5.82 Å². The zero-order valence-corrected chi connectivity index (χ0v) is 7.45. The van der Waals surface area contributed by atoms with Gasteiger partial charge in [0.2, 0.25) is 0 Å². The number of fused-ring (bicyclic) bond motifs is 1. The van der Waals surface area contributed by atoms with Crippen molar-refractivity contribution in [1.29, 1.82) is 0 Å². The van der Waals surface area contributed by atoms with E-state index in [0.29, 0.717) is 16.7 Å². The number of hydrogen-bond donors (Lipinski definition) is 2. The van der Waals surface area contributed by atoms with E-state index >= 15 is 0 Å². The Balaban J connectivity index is 0.000000980. The highest BCUT2D eigenvalue weighted by Gasteiger charge is 2.00. The van der Waals surface area contributed by atoms with Crippen LogP contribution >= 0.6 is 0 Å². The largest absolute Gasteiger partial charge is 0.412 e. The van der Waals surface area contributed by atoms with Crippen molar-refractivity contribution in [2.45, 2.75) is 6.54 Å². The van der Waals surface area contributed by atoms with Crippen LogP contribution in [0.25, 0.3) is 10.9 Å². The Bertz CT molecular complexity index is 493. The summed E-state index contributed by atoms with van der Waals surface area (Å²) in [5.41, 5.74) is 5.93. The molecule has 0 amide bonds. The summed E-state index contributed by atoms with van der Waals surface area (Å²) in [7, 11) is 0. The first-order valence-electron chi connectivity index (χ1n) is 3.99. The molecule has 0 spiro atoms. The van der Waals surface area contributed by atoms with Gasteiger partial charge in [-0.2, -0.15) is 0 Å². The van der Waals surface area contributed by atoms with Gasteiger partial charge in [0.25, 0.3) is 5.56 Å². The second-order valence-electron chi connectivity index (χ2n) is 2.73. The minimum atomic E-state index is -0.133. The molecule has 0 fully saturated rings. The van der Waals surface area contributed by atoms with Gasteiger partial charge in [0, 0.05) is 0 Å². The summed E-state index contributed by atoms with van der Waals surface area (Å²) < 4.78 is 0. The molecule has 0 saturated heterocycles. The van der Waals surface area contributed by atoms with Crippen LogP contribution in [0.1, 0.15) is 5.82 Å². The summed E-state index contributed by atoms with van der Waals surface area (Å²) in [6.45, 7) is 0.250. The molecule has 14 heavy (non-hydrogen) atoms. The molecule has 1 heterocycles. The maximum absolute atomic E-state index is 11.4. The van der Waals surface area contributed by atoms with E-state index in [1.807, 2.05) is 6.07 Å². The van der Waals surface area contributed by atoms with Crippen LogP contribution < -0.4 is 11.3 Å². The summed E-state index contributed by atoms with van der Waals surface area (Å²) in [5, 5.41) is 0.597. The summed E-state index contributed by atoms with van der Waals surface area (Å²) >= 11 is 0. The van der Waals surface area contributed by atoms with Gasteiger partial charge in [-0.25, -0.2) is 4.98 Å². The first-order valence-corrected chi connectivity index (χ1v) is 3.99. The van der Waals surface area contributed by atoms with E-state index in [9.17, 15) is 4.79 Å². The van der Waals surface area contributed by atoms with Crippen molar-refractivity contribution < 1.29 is 5.48 Å². The van der Waals surface area contributed by atoms with Crippen LogP contribution in [0.4, 0.5) is 0 Å². The Hall–Kier alpha value is -1.72. The SMILES string of the molecule is NCc1nc2ccccc2c(=O)[nH]1.O. The Labute approximate surface area is 79.9 Å². The summed E-state index contributed by atoms with van der Waals surface area (Å²) in [5.74, 6) is 0.517. The molecule has 0 aliphatic rings. The first kappa shape index (κ1) is 10.4. The Kier molecular flexibility index (Phi) is 2.95. The smallest absolute Gasteiger partial charge is 0.258 e. The van der Waals surface area contributed by atoms with Crippen molar-refractivity contribution >= 4 is 10.9 Å². The lowest BCUT2D eigenvalue weighted by atomic mass is 10.2. The molecule has 0 bridgehead atoms. The fourth-order valence-electron chi connectivity index (χ4n) is 1.23. The van der Waals surface area contributed by atoms with E-state index in [2.05, 4.69) is 9.97 Å². The van der Waals surface area contributed by atoms with Crippen molar-refractivity contribution in [3.8, 4) is 0 Å². The van der Waals surface area contributed by atoms with Gasteiger partial charge in [-0.1, -0.05) is 12.1 Å². The first-order chi connectivity index (χ1) is 6.31. The lowest BCUT2D eigenvalue weighted by Gasteiger charge is -1.98. The number of rotatable bonds is 1. The molecular weight excluding hydrogens is 182 g/mol. The van der Waals surface area contributed by atoms with Crippen molar-refractivity contribution in [1.82, 2.24) is 9.97 Å². The van der Waals surface area contributed by atoms with Gasteiger partial charge in [0.05, 0.1) is 17.4 Å². The molecule has 74 valence electrons. The van der Waals surface area contributed by atoms with Crippen LogP contribution in [0.2, 0.25) is 0 Å². The quantitative estimate of drug-likeness (QED) is 0.641. The number of nitrogens with zero attached hydrogens (tertiary/aromatic N) is 1.